The first-order valence-corrected chi connectivity index (χ1v) is 17.5. The van der Waals surface area contributed by atoms with Crippen molar-refractivity contribution < 1.29 is 46.2 Å². The van der Waals surface area contributed by atoms with Gasteiger partial charge in [0.2, 0.25) is 11.8 Å². The number of imidazole rings is 2. The first kappa shape index (κ1) is 38.3. The van der Waals surface area contributed by atoms with E-state index in [-0.39, 0.29) is 11.6 Å². The first-order chi connectivity index (χ1) is 25.4. The fraction of sp³-hybridized carbons (Fsp3) is 0.500. The summed E-state index contributed by atoms with van der Waals surface area (Å²) in [6.07, 6.45) is -3.04. The van der Waals surface area contributed by atoms with E-state index >= 15 is 0 Å². The number of nitrogens with one attached hydrogen (secondary N) is 4. The van der Waals surface area contributed by atoms with Gasteiger partial charge in [0.25, 0.3) is 11.8 Å². The highest BCUT2D eigenvalue weighted by Gasteiger charge is 2.51. The molecule has 2 saturated heterocycles. The average molecular weight is 759 g/mol. The minimum absolute atomic E-state index is 0.163. The monoisotopic (exact) mass is 758 g/mol. The van der Waals surface area contributed by atoms with Gasteiger partial charge in [0.15, 0.2) is 0 Å². The van der Waals surface area contributed by atoms with E-state index < -0.39 is 97.8 Å². The van der Waals surface area contributed by atoms with E-state index in [9.17, 15) is 36.7 Å². The Kier molecular flexibility index (Phi) is 10.2. The summed E-state index contributed by atoms with van der Waals surface area (Å²) in [5.74, 6) is -8.25. The number of fused-ring (bicyclic) bond motifs is 2. The number of amides is 4. The van der Waals surface area contributed by atoms with Crippen LogP contribution in [0.3, 0.4) is 0 Å². The number of methoxy groups -OCH3 is 2. The fourth-order valence-electron chi connectivity index (χ4n) is 7.08. The third-order valence-corrected chi connectivity index (χ3v) is 9.85. The lowest BCUT2D eigenvalue weighted by molar-refractivity contribution is -0.137. The molecule has 6 rings (SSSR count). The Hall–Kier alpha value is -5.42. The van der Waals surface area contributed by atoms with E-state index in [1.165, 1.54) is 0 Å². The Labute approximate surface area is 307 Å². The van der Waals surface area contributed by atoms with Crippen molar-refractivity contribution in [2.45, 2.75) is 76.5 Å². The molecule has 2 fully saturated rings. The summed E-state index contributed by atoms with van der Waals surface area (Å²) >= 11 is 0. The average Bonchev–Trinajstić information content (AvgIpc) is 3.89. The number of carbonyl (C=O) groups excluding carboxylic acids is 4. The molecule has 14 nitrogen and oxygen atoms in total. The van der Waals surface area contributed by atoms with E-state index in [2.05, 4.69) is 40.0 Å². The van der Waals surface area contributed by atoms with E-state index in [1.54, 1.807) is 64.1 Å². The van der Waals surface area contributed by atoms with Crippen LogP contribution >= 0.6 is 0 Å². The zero-order chi connectivity index (χ0) is 39.3. The smallest absolute Gasteiger partial charge is 0.407 e. The van der Waals surface area contributed by atoms with Gasteiger partial charge in [-0.25, -0.2) is 37.1 Å². The molecule has 0 unspecified atom stereocenters. The highest BCUT2D eigenvalue weighted by molar-refractivity contribution is 5.89. The van der Waals surface area contributed by atoms with Crippen LogP contribution in [0.2, 0.25) is 0 Å². The van der Waals surface area contributed by atoms with E-state index in [0.29, 0.717) is 33.2 Å². The highest BCUT2D eigenvalue weighted by Crippen LogP contribution is 2.43. The van der Waals surface area contributed by atoms with E-state index in [0.717, 1.165) is 24.0 Å². The van der Waals surface area contributed by atoms with Gasteiger partial charge < -0.3 is 39.9 Å². The molecule has 0 radical (unpaired) electrons. The molecule has 0 bridgehead atoms. The van der Waals surface area contributed by atoms with Gasteiger partial charge in [-0.05, 0) is 47.2 Å². The van der Waals surface area contributed by atoms with Crippen LogP contribution in [-0.2, 0) is 19.1 Å². The number of alkyl halides is 4. The number of hydrogen-bond acceptors (Lipinski definition) is 8. The van der Waals surface area contributed by atoms with Gasteiger partial charge in [-0.3, -0.25) is 9.59 Å². The second-order valence-corrected chi connectivity index (χ2v) is 14.5. The Morgan fingerprint density at radius 2 is 1.07 bits per heavy atom. The quantitative estimate of drug-likeness (QED) is 0.158. The minimum Gasteiger partial charge on any atom is -0.453 e. The van der Waals surface area contributed by atoms with Gasteiger partial charge in [-0.1, -0.05) is 39.8 Å². The van der Waals surface area contributed by atoms with Crippen molar-refractivity contribution in [2.75, 3.05) is 27.3 Å². The molecule has 2 aromatic heterocycles. The molecule has 0 aliphatic carbocycles. The normalized spacial score (nSPS) is 20.4. The minimum atomic E-state index is -3.19. The summed E-state index contributed by atoms with van der Waals surface area (Å²) in [6.45, 7) is 5.05. The second-order valence-electron chi connectivity index (χ2n) is 14.5. The Balaban J connectivity index is 1.27. The van der Waals surface area contributed by atoms with Crippen molar-refractivity contribution in [2.24, 2.45) is 11.8 Å². The number of carbonyl (C=O) groups is 4. The Bertz CT molecular complexity index is 1940. The summed E-state index contributed by atoms with van der Waals surface area (Å²) in [6, 6.07) is 6.15. The lowest BCUT2D eigenvalue weighted by atomic mass is 10.0. The van der Waals surface area contributed by atoms with E-state index in [4.69, 9.17) is 0 Å². The molecule has 4 amide bonds. The van der Waals surface area contributed by atoms with Gasteiger partial charge >= 0.3 is 12.2 Å². The van der Waals surface area contributed by atoms with Crippen molar-refractivity contribution in [1.29, 1.82) is 0 Å². The van der Waals surface area contributed by atoms with Gasteiger partial charge in [-0.2, -0.15) is 0 Å². The van der Waals surface area contributed by atoms with Crippen molar-refractivity contribution in [3.8, 4) is 11.1 Å². The van der Waals surface area contributed by atoms with Crippen molar-refractivity contribution in [3.05, 3.63) is 48.0 Å². The topological polar surface area (TPSA) is 175 Å². The van der Waals surface area contributed by atoms with E-state index in [1.807, 2.05) is 0 Å². The molecule has 2 aliphatic rings. The van der Waals surface area contributed by atoms with Gasteiger partial charge in [0, 0.05) is 12.8 Å². The highest BCUT2D eigenvalue weighted by atomic mass is 19.3. The molecule has 4 heterocycles. The van der Waals surface area contributed by atoms with Crippen molar-refractivity contribution in [3.63, 3.8) is 0 Å². The largest absolute Gasteiger partial charge is 0.453 e. The fourth-order valence-corrected chi connectivity index (χ4v) is 7.08. The lowest BCUT2D eigenvalue weighted by Gasteiger charge is -2.29. The molecule has 0 saturated carbocycles. The number of aromatic nitrogens is 4. The van der Waals surface area contributed by atoms with Crippen LogP contribution in [0.15, 0.2) is 36.4 Å². The molecule has 54 heavy (non-hydrogen) atoms. The number of hydrogen-bond donors (Lipinski definition) is 4. The van der Waals surface area contributed by atoms with Crippen molar-refractivity contribution in [1.82, 2.24) is 40.4 Å². The number of nitrogens with zero attached hydrogens (tertiary/aromatic N) is 4. The Morgan fingerprint density at radius 1 is 0.704 bits per heavy atom. The van der Waals surface area contributed by atoms with Crippen LogP contribution < -0.4 is 10.6 Å². The lowest BCUT2D eigenvalue weighted by Crippen LogP contribution is -2.51. The molecule has 4 N–H and O–H groups in total. The number of alkyl carbamates (subject to hydrolysis) is 2. The number of likely N-dealkylation sites (tertiary alicyclic amines) is 2. The summed E-state index contributed by atoms with van der Waals surface area (Å²) in [5.41, 5.74) is 3.41. The zero-order valence-corrected chi connectivity index (χ0v) is 30.5. The van der Waals surface area contributed by atoms with Crippen LogP contribution in [-0.4, -0.2) is 105 Å². The summed E-state index contributed by atoms with van der Waals surface area (Å²) in [5, 5.41) is 4.90. The number of rotatable bonds is 9. The zero-order valence-electron chi connectivity index (χ0n) is 30.5. The first-order valence-electron chi connectivity index (χ1n) is 17.5. The number of aromatic amines is 2. The van der Waals surface area contributed by atoms with Gasteiger partial charge in [-0.15, -0.1) is 0 Å². The molecule has 2 aromatic carbocycles. The number of ether oxygens (including phenoxy) is 2. The number of halogens is 4. The second kappa shape index (κ2) is 14.4. The summed E-state index contributed by atoms with van der Waals surface area (Å²) < 4.78 is 68.6. The number of H-pyrrole nitrogens is 2. The molecule has 2 aliphatic heterocycles. The van der Waals surface area contributed by atoms with Crippen LogP contribution in [0.1, 0.15) is 64.3 Å². The summed E-state index contributed by atoms with van der Waals surface area (Å²) in [7, 11) is 2.29. The maximum atomic E-state index is 14.8. The summed E-state index contributed by atoms with van der Waals surface area (Å²) in [4.78, 5) is 68.3. The standard InChI is InChI=1S/C36H42F4N8O6/c1-17(2)27(45-33(51)53-5)31(49)47-15-35(37,38)13-25(47)29-41-21-9-7-19(11-23(21)43-29)20-8-10-22-24(12-20)44-30(42-22)26-14-36(39,40)16-48(26)32(50)28(18(3)4)46-34(52)54-6/h7-12,17-18,25-28H,13-16H2,1-6H3,(H,41,43)(H,42,44)(H,45,51)(H,46,52)/t25-,26-,27-,28-/m0/s1. The molecular weight excluding hydrogens is 716 g/mol. The molecule has 18 heteroatoms. The van der Waals surface area contributed by atoms with Crippen LogP contribution in [0.4, 0.5) is 27.2 Å². The third kappa shape index (κ3) is 7.64. The SMILES string of the molecule is COC(=O)N[C@H](C(=O)N1CC(F)(F)C[C@H]1c1nc2ccc(-c3ccc4nc([C@@H]5CC(F)(F)CN5C(=O)[C@@H](NC(=O)OC)C(C)C)[nH]c4c3)cc2[nH]1)C(C)C. The molecule has 4 atom stereocenters. The van der Waals surface area contributed by atoms with Crippen LogP contribution in [0, 0.1) is 11.8 Å². The maximum absolute atomic E-state index is 14.8. The predicted molar refractivity (Wildman–Crippen MR) is 188 cm³/mol. The molecule has 4 aromatic rings. The van der Waals surface area contributed by atoms with Crippen molar-refractivity contribution >= 4 is 46.1 Å². The third-order valence-electron chi connectivity index (χ3n) is 9.85. The molecular formula is C36H42F4N8O6. The maximum Gasteiger partial charge on any atom is 0.407 e. The van der Waals surface area contributed by atoms with Crippen LogP contribution in [0.25, 0.3) is 33.2 Å². The Morgan fingerprint density at radius 3 is 1.41 bits per heavy atom. The van der Waals surface area contributed by atoms with Gasteiger partial charge in [0.05, 0.1) is 61.5 Å². The van der Waals surface area contributed by atoms with Crippen LogP contribution in [0.5, 0.6) is 0 Å². The number of benzene rings is 2. The molecule has 290 valence electrons. The predicted octanol–water partition coefficient (Wildman–Crippen LogP) is 5.68. The molecule has 0 spiro atoms. The van der Waals surface area contributed by atoms with Gasteiger partial charge in [0.1, 0.15) is 23.7 Å².